The number of hydrogen-bond donors (Lipinski definition) is 0. The summed E-state index contributed by atoms with van der Waals surface area (Å²) in [4.78, 5) is -0.273. The second kappa shape index (κ2) is 4.55. The summed E-state index contributed by atoms with van der Waals surface area (Å²) in [7, 11) is 0. The number of halogens is 1. The molecule has 2 unspecified atom stereocenters. The fraction of sp³-hybridized carbons (Fsp3) is 0.619. The average molecular weight is 311 g/mol. The molecule has 0 nitrogen and oxygen atoms in total. The minimum atomic E-state index is -0.273. The summed E-state index contributed by atoms with van der Waals surface area (Å²) in [5.41, 5.74) is 1.69. The monoisotopic (exact) mass is 310 g/mol. The van der Waals surface area contributed by atoms with E-state index in [1.807, 2.05) is 0 Å². The molecular formula is C21H23Cl. The van der Waals surface area contributed by atoms with Crippen molar-refractivity contribution in [2.24, 2.45) is 23.2 Å². The van der Waals surface area contributed by atoms with Crippen molar-refractivity contribution in [3.8, 4) is 11.8 Å². The van der Waals surface area contributed by atoms with Gasteiger partial charge < -0.3 is 0 Å². The van der Waals surface area contributed by atoms with Gasteiger partial charge in [-0.25, -0.2) is 0 Å². The van der Waals surface area contributed by atoms with Gasteiger partial charge >= 0.3 is 0 Å². The topological polar surface area (TPSA) is 0 Å². The Kier molecular flexibility index (Phi) is 2.79. The molecule has 0 aromatic heterocycles. The molecule has 0 N–H and O–H groups in total. The van der Waals surface area contributed by atoms with Crippen molar-refractivity contribution in [3.05, 3.63) is 35.9 Å². The molecular weight excluding hydrogens is 288 g/mol. The van der Waals surface area contributed by atoms with Gasteiger partial charge in [0, 0.05) is 11.3 Å². The predicted octanol–water partition coefficient (Wildman–Crippen LogP) is 5.37. The van der Waals surface area contributed by atoms with Crippen LogP contribution < -0.4 is 0 Å². The highest BCUT2D eigenvalue weighted by atomic mass is 35.5. The Balaban J connectivity index is 1.38. The maximum Gasteiger partial charge on any atom is 0.112 e. The molecule has 0 heterocycles. The molecule has 5 aliphatic carbocycles. The van der Waals surface area contributed by atoms with E-state index in [2.05, 4.69) is 42.2 Å². The Morgan fingerprint density at radius 1 is 0.818 bits per heavy atom. The third-order valence-corrected chi connectivity index (χ3v) is 7.18. The number of benzene rings is 1. The SMILES string of the molecule is ClC1(C#CC23CC4CC(CC(C4)C2)C3)CC1c1ccccc1. The van der Waals surface area contributed by atoms with Crippen LogP contribution in [0, 0.1) is 35.0 Å². The highest BCUT2D eigenvalue weighted by molar-refractivity contribution is 6.29. The normalized spacial score (nSPS) is 47.9. The van der Waals surface area contributed by atoms with Gasteiger partial charge in [-0.15, -0.1) is 11.6 Å². The molecule has 0 aliphatic heterocycles. The average Bonchev–Trinajstić information content (AvgIpc) is 3.18. The maximum atomic E-state index is 6.81. The summed E-state index contributed by atoms with van der Waals surface area (Å²) in [6, 6.07) is 10.7. The molecule has 0 amide bonds. The molecule has 0 spiro atoms. The Labute approximate surface area is 138 Å². The Bertz CT molecular complexity index is 614. The van der Waals surface area contributed by atoms with Crippen molar-refractivity contribution in [1.82, 2.24) is 0 Å². The van der Waals surface area contributed by atoms with Crippen LogP contribution in [-0.2, 0) is 0 Å². The van der Waals surface area contributed by atoms with E-state index in [9.17, 15) is 0 Å². The van der Waals surface area contributed by atoms with Gasteiger partial charge in [-0.05, 0) is 68.3 Å². The minimum absolute atomic E-state index is 0.273. The standard InChI is InChI=1S/C21H23Cl/c22-21(14-19(21)18-4-2-1-3-5-18)7-6-20-11-15-8-16(12-20)10-17(9-15)13-20/h1-5,15-17,19H,8-14H2. The predicted molar refractivity (Wildman–Crippen MR) is 90.8 cm³/mol. The van der Waals surface area contributed by atoms with E-state index in [4.69, 9.17) is 11.6 Å². The van der Waals surface area contributed by atoms with E-state index in [-0.39, 0.29) is 4.87 Å². The largest absolute Gasteiger partial charge is 0.112 e. The van der Waals surface area contributed by atoms with Crippen molar-refractivity contribution in [1.29, 1.82) is 0 Å². The summed E-state index contributed by atoms with van der Waals surface area (Å²) in [5.74, 6) is 10.6. The number of hydrogen-bond acceptors (Lipinski definition) is 0. The third-order valence-electron chi connectivity index (χ3n) is 6.67. The number of rotatable bonds is 1. The lowest BCUT2D eigenvalue weighted by Gasteiger charge is -2.54. The summed E-state index contributed by atoms with van der Waals surface area (Å²) in [6.07, 6.45) is 9.55. The molecule has 4 bridgehead atoms. The first-order chi connectivity index (χ1) is 10.6. The molecule has 6 rings (SSSR count). The molecule has 1 aromatic carbocycles. The second-order valence-corrected chi connectivity index (χ2v) is 9.15. The Morgan fingerprint density at radius 3 is 2.00 bits per heavy atom. The van der Waals surface area contributed by atoms with Gasteiger partial charge in [-0.1, -0.05) is 42.2 Å². The molecule has 1 heteroatoms. The van der Waals surface area contributed by atoms with Gasteiger partial charge in [0.25, 0.3) is 0 Å². The van der Waals surface area contributed by atoms with Gasteiger partial charge in [0.2, 0.25) is 0 Å². The molecule has 22 heavy (non-hydrogen) atoms. The highest BCUT2D eigenvalue weighted by Gasteiger charge is 2.54. The molecule has 2 atom stereocenters. The van der Waals surface area contributed by atoms with E-state index >= 15 is 0 Å². The van der Waals surface area contributed by atoms with E-state index in [1.165, 1.54) is 44.1 Å². The maximum absolute atomic E-state index is 6.81. The summed E-state index contributed by atoms with van der Waals surface area (Å²) < 4.78 is 0. The van der Waals surface area contributed by atoms with E-state index in [0.717, 1.165) is 24.2 Å². The zero-order valence-corrected chi connectivity index (χ0v) is 13.8. The van der Waals surface area contributed by atoms with Crippen LogP contribution >= 0.6 is 11.6 Å². The van der Waals surface area contributed by atoms with Crippen LogP contribution in [-0.4, -0.2) is 4.87 Å². The van der Waals surface area contributed by atoms with Gasteiger partial charge in [0.15, 0.2) is 0 Å². The summed E-state index contributed by atoms with van der Waals surface area (Å²) >= 11 is 6.81. The van der Waals surface area contributed by atoms with Crippen LogP contribution in [0.5, 0.6) is 0 Å². The zero-order valence-electron chi connectivity index (χ0n) is 13.0. The van der Waals surface area contributed by atoms with Crippen LogP contribution in [0.2, 0.25) is 0 Å². The lowest BCUT2D eigenvalue weighted by Crippen LogP contribution is -2.45. The fourth-order valence-corrected chi connectivity index (χ4v) is 6.27. The van der Waals surface area contributed by atoms with E-state index in [0.29, 0.717) is 11.3 Å². The van der Waals surface area contributed by atoms with Crippen LogP contribution in [0.1, 0.15) is 56.4 Å². The minimum Gasteiger partial charge on any atom is -0.104 e. The highest BCUT2D eigenvalue weighted by Crippen LogP contribution is 2.61. The quantitative estimate of drug-likeness (QED) is 0.483. The zero-order chi connectivity index (χ0) is 14.8. The van der Waals surface area contributed by atoms with Crippen molar-refractivity contribution in [2.45, 2.75) is 55.7 Å². The lowest BCUT2D eigenvalue weighted by atomic mass is 9.50. The van der Waals surface area contributed by atoms with E-state index in [1.54, 1.807) is 0 Å². The Morgan fingerprint density at radius 2 is 1.41 bits per heavy atom. The van der Waals surface area contributed by atoms with Gasteiger partial charge in [0.05, 0.1) is 0 Å². The van der Waals surface area contributed by atoms with Gasteiger partial charge in [-0.3, -0.25) is 0 Å². The van der Waals surface area contributed by atoms with Crippen molar-refractivity contribution in [2.75, 3.05) is 0 Å². The summed E-state index contributed by atoms with van der Waals surface area (Å²) in [6.45, 7) is 0. The smallest absolute Gasteiger partial charge is 0.104 e. The fourth-order valence-electron chi connectivity index (χ4n) is 5.94. The van der Waals surface area contributed by atoms with Crippen molar-refractivity contribution < 1.29 is 0 Å². The first kappa shape index (κ1) is 13.5. The van der Waals surface area contributed by atoms with E-state index < -0.39 is 0 Å². The van der Waals surface area contributed by atoms with Gasteiger partial charge in [-0.2, -0.15) is 0 Å². The molecule has 5 fully saturated rings. The van der Waals surface area contributed by atoms with Crippen LogP contribution in [0.15, 0.2) is 30.3 Å². The first-order valence-corrected chi connectivity index (χ1v) is 9.30. The Hall–Kier alpha value is -0.930. The number of alkyl halides is 1. The van der Waals surface area contributed by atoms with Crippen LogP contribution in [0.4, 0.5) is 0 Å². The summed E-state index contributed by atoms with van der Waals surface area (Å²) in [5, 5.41) is 0. The molecule has 5 aliphatic rings. The van der Waals surface area contributed by atoms with Crippen molar-refractivity contribution in [3.63, 3.8) is 0 Å². The van der Waals surface area contributed by atoms with Crippen LogP contribution in [0.25, 0.3) is 0 Å². The molecule has 0 saturated heterocycles. The van der Waals surface area contributed by atoms with Crippen LogP contribution in [0.3, 0.4) is 0 Å². The lowest BCUT2D eigenvalue weighted by molar-refractivity contribution is -0.0181. The molecule has 0 radical (unpaired) electrons. The molecule has 1 aromatic rings. The van der Waals surface area contributed by atoms with Gasteiger partial charge in [0.1, 0.15) is 4.87 Å². The molecule has 114 valence electrons. The van der Waals surface area contributed by atoms with Crippen molar-refractivity contribution >= 4 is 11.6 Å². The molecule has 5 saturated carbocycles. The first-order valence-electron chi connectivity index (χ1n) is 8.92. The third kappa shape index (κ3) is 2.13. The second-order valence-electron chi connectivity index (χ2n) is 8.48.